The van der Waals surface area contributed by atoms with Gasteiger partial charge >= 0.3 is 0 Å². The first-order valence-corrected chi connectivity index (χ1v) is 6.56. The molecule has 90 valence electrons. The summed E-state index contributed by atoms with van der Waals surface area (Å²) in [5.41, 5.74) is 1.75. The fraction of sp³-hybridized carbons (Fsp3) is 0.0625. The molecule has 0 heterocycles. The summed E-state index contributed by atoms with van der Waals surface area (Å²) in [6.45, 7) is 3.88. The highest BCUT2D eigenvalue weighted by atomic mass is 32.2. The Morgan fingerprint density at radius 3 is 2.11 bits per heavy atom. The summed E-state index contributed by atoms with van der Waals surface area (Å²) >= 11 is 1.23. The Morgan fingerprint density at radius 1 is 0.944 bits per heavy atom. The van der Waals surface area contributed by atoms with Gasteiger partial charge in [-0.15, -0.1) is 0 Å². The summed E-state index contributed by atoms with van der Waals surface area (Å²) in [6.07, 6.45) is 0.611. The summed E-state index contributed by atoms with van der Waals surface area (Å²) in [5, 5.41) is 0.0325. The number of carbonyl (C=O) groups excluding carboxylic acids is 1. The molecule has 0 saturated heterocycles. The molecular formula is C16H14OS. The molecule has 0 aliphatic heterocycles. The van der Waals surface area contributed by atoms with Crippen molar-refractivity contribution in [3.8, 4) is 0 Å². The monoisotopic (exact) mass is 254 g/mol. The minimum absolute atomic E-state index is 0.0325. The summed E-state index contributed by atoms with van der Waals surface area (Å²) < 4.78 is 0. The SMILES string of the molecule is C=C(Cc1ccccc1)C(=O)Sc1ccccc1. The van der Waals surface area contributed by atoms with Gasteiger partial charge < -0.3 is 0 Å². The van der Waals surface area contributed by atoms with E-state index in [0.717, 1.165) is 10.5 Å². The Bertz CT molecular complexity index is 480. The highest BCUT2D eigenvalue weighted by Gasteiger charge is 2.09. The molecule has 2 aromatic carbocycles. The number of hydrogen-bond donors (Lipinski definition) is 0. The van der Waals surface area contributed by atoms with E-state index in [1.165, 1.54) is 11.8 Å². The molecule has 1 nitrogen and oxygen atoms in total. The Morgan fingerprint density at radius 2 is 1.50 bits per heavy atom. The van der Waals surface area contributed by atoms with E-state index in [0.29, 0.717) is 12.0 Å². The molecule has 0 aromatic heterocycles. The average Bonchev–Trinajstić information content (AvgIpc) is 2.41. The van der Waals surface area contributed by atoms with Gasteiger partial charge in [-0.05, 0) is 29.5 Å². The lowest BCUT2D eigenvalue weighted by Crippen LogP contribution is -1.99. The van der Waals surface area contributed by atoms with Crippen LogP contribution in [0.25, 0.3) is 0 Å². The van der Waals surface area contributed by atoms with E-state index in [9.17, 15) is 4.79 Å². The molecule has 0 N–H and O–H groups in total. The standard InChI is InChI=1S/C16H14OS/c1-13(12-14-8-4-2-5-9-14)16(17)18-15-10-6-3-7-11-15/h2-11H,1,12H2. The molecule has 18 heavy (non-hydrogen) atoms. The van der Waals surface area contributed by atoms with Crippen molar-refractivity contribution in [3.63, 3.8) is 0 Å². The van der Waals surface area contributed by atoms with Crippen molar-refractivity contribution in [3.05, 3.63) is 78.4 Å². The first kappa shape index (κ1) is 12.7. The van der Waals surface area contributed by atoms with Crippen LogP contribution in [0.4, 0.5) is 0 Å². The second-order valence-electron chi connectivity index (χ2n) is 3.97. The third-order valence-electron chi connectivity index (χ3n) is 2.50. The molecule has 2 aromatic rings. The molecule has 0 amide bonds. The van der Waals surface area contributed by atoms with Crippen molar-refractivity contribution in [1.82, 2.24) is 0 Å². The van der Waals surface area contributed by atoms with E-state index in [1.807, 2.05) is 60.7 Å². The van der Waals surface area contributed by atoms with Gasteiger partial charge in [-0.3, -0.25) is 4.79 Å². The lowest BCUT2D eigenvalue weighted by Gasteiger charge is -2.04. The molecule has 0 saturated carbocycles. The second kappa shape index (κ2) is 6.22. The fourth-order valence-electron chi connectivity index (χ4n) is 1.58. The number of rotatable bonds is 4. The third kappa shape index (κ3) is 3.60. The molecule has 0 unspecified atom stereocenters. The third-order valence-corrected chi connectivity index (χ3v) is 3.48. The fourth-order valence-corrected chi connectivity index (χ4v) is 2.31. The van der Waals surface area contributed by atoms with Crippen molar-refractivity contribution in [2.45, 2.75) is 11.3 Å². The average molecular weight is 254 g/mol. The van der Waals surface area contributed by atoms with Gasteiger partial charge in [0, 0.05) is 16.9 Å². The molecule has 0 radical (unpaired) electrons. The zero-order valence-electron chi connectivity index (χ0n) is 10.0. The molecule has 2 rings (SSSR count). The summed E-state index contributed by atoms with van der Waals surface area (Å²) in [5.74, 6) is 0. The Balaban J connectivity index is 1.96. The Hall–Kier alpha value is -1.80. The highest BCUT2D eigenvalue weighted by molar-refractivity contribution is 8.14. The lowest BCUT2D eigenvalue weighted by atomic mass is 10.1. The van der Waals surface area contributed by atoms with Gasteiger partial charge in [-0.1, -0.05) is 55.1 Å². The first-order valence-electron chi connectivity index (χ1n) is 5.74. The van der Waals surface area contributed by atoms with Crippen molar-refractivity contribution in [2.24, 2.45) is 0 Å². The first-order chi connectivity index (χ1) is 8.75. The van der Waals surface area contributed by atoms with Crippen LogP contribution in [0.2, 0.25) is 0 Å². The van der Waals surface area contributed by atoms with Crippen molar-refractivity contribution in [1.29, 1.82) is 0 Å². The van der Waals surface area contributed by atoms with Crippen LogP contribution in [0.15, 0.2) is 77.7 Å². The van der Waals surface area contributed by atoms with E-state index in [2.05, 4.69) is 6.58 Å². The molecule has 0 aliphatic carbocycles. The largest absolute Gasteiger partial charge is 0.282 e. The van der Waals surface area contributed by atoms with Crippen LogP contribution < -0.4 is 0 Å². The van der Waals surface area contributed by atoms with E-state index >= 15 is 0 Å². The van der Waals surface area contributed by atoms with Crippen LogP contribution in [0, 0.1) is 0 Å². The smallest absolute Gasteiger partial charge is 0.219 e. The Kier molecular flexibility index (Phi) is 4.37. The van der Waals surface area contributed by atoms with Gasteiger partial charge in [0.05, 0.1) is 0 Å². The molecule has 0 fully saturated rings. The van der Waals surface area contributed by atoms with E-state index in [4.69, 9.17) is 0 Å². The number of benzene rings is 2. The molecule has 0 bridgehead atoms. The van der Waals surface area contributed by atoms with Crippen LogP contribution in [0.5, 0.6) is 0 Å². The molecule has 0 spiro atoms. The summed E-state index contributed by atoms with van der Waals surface area (Å²) in [7, 11) is 0. The highest BCUT2D eigenvalue weighted by Crippen LogP contribution is 2.22. The summed E-state index contributed by atoms with van der Waals surface area (Å²) in [4.78, 5) is 12.9. The van der Waals surface area contributed by atoms with Gasteiger partial charge in [-0.25, -0.2) is 0 Å². The van der Waals surface area contributed by atoms with E-state index < -0.39 is 0 Å². The maximum atomic E-state index is 12.0. The van der Waals surface area contributed by atoms with E-state index in [1.54, 1.807) is 0 Å². The number of carbonyl (C=O) groups is 1. The quantitative estimate of drug-likeness (QED) is 0.603. The van der Waals surface area contributed by atoms with Crippen LogP contribution >= 0.6 is 11.8 Å². The predicted molar refractivity (Wildman–Crippen MR) is 76.6 cm³/mol. The van der Waals surface area contributed by atoms with Crippen LogP contribution in [-0.4, -0.2) is 5.12 Å². The van der Waals surface area contributed by atoms with Gasteiger partial charge in [0.25, 0.3) is 0 Å². The van der Waals surface area contributed by atoms with Gasteiger partial charge in [-0.2, -0.15) is 0 Å². The minimum Gasteiger partial charge on any atom is -0.282 e. The Labute approximate surface area is 112 Å². The molecular weight excluding hydrogens is 240 g/mol. The lowest BCUT2D eigenvalue weighted by molar-refractivity contribution is -0.107. The van der Waals surface area contributed by atoms with Crippen LogP contribution in [0.1, 0.15) is 5.56 Å². The maximum Gasteiger partial charge on any atom is 0.219 e. The van der Waals surface area contributed by atoms with Crippen LogP contribution in [0.3, 0.4) is 0 Å². The number of hydrogen-bond acceptors (Lipinski definition) is 2. The second-order valence-corrected chi connectivity index (χ2v) is 5.01. The van der Waals surface area contributed by atoms with Gasteiger partial charge in [0.2, 0.25) is 5.12 Å². The zero-order chi connectivity index (χ0) is 12.8. The van der Waals surface area contributed by atoms with Crippen LogP contribution in [-0.2, 0) is 11.2 Å². The van der Waals surface area contributed by atoms with Gasteiger partial charge in [0.15, 0.2) is 0 Å². The van der Waals surface area contributed by atoms with Gasteiger partial charge in [0.1, 0.15) is 0 Å². The summed E-state index contributed by atoms with van der Waals surface area (Å²) in [6, 6.07) is 19.6. The van der Waals surface area contributed by atoms with Crippen molar-refractivity contribution in [2.75, 3.05) is 0 Å². The maximum absolute atomic E-state index is 12.0. The van der Waals surface area contributed by atoms with Crippen molar-refractivity contribution < 1.29 is 4.79 Å². The minimum atomic E-state index is 0.0325. The molecule has 0 atom stereocenters. The normalized spacial score (nSPS) is 10.0. The molecule has 0 aliphatic rings. The van der Waals surface area contributed by atoms with Crippen molar-refractivity contribution >= 4 is 16.9 Å². The molecule has 2 heteroatoms. The van der Waals surface area contributed by atoms with E-state index in [-0.39, 0.29) is 5.12 Å². The predicted octanol–water partition coefficient (Wildman–Crippen LogP) is 4.10. The zero-order valence-corrected chi connectivity index (χ0v) is 10.8. The topological polar surface area (TPSA) is 17.1 Å². The number of thioether (sulfide) groups is 1.